The lowest BCUT2D eigenvalue weighted by Gasteiger charge is -2.11. The summed E-state index contributed by atoms with van der Waals surface area (Å²) in [6.45, 7) is 0.178. The highest BCUT2D eigenvalue weighted by Crippen LogP contribution is 2.23. The maximum absolute atomic E-state index is 14.1. The van der Waals surface area contributed by atoms with Crippen LogP contribution in [-0.2, 0) is 6.54 Å². The maximum atomic E-state index is 14.1. The van der Waals surface area contributed by atoms with Crippen LogP contribution in [0.3, 0.4) is 0 Å². The molecule has 0 bridgehead atoms. The Balaban J connectivity index is 1.44. The van der Waals surface area contributed by atoms with Crippen LogP contribution >= 0.6 is 0 Å². The molecule has 2 aromatic heterocycles. The zero-order valence-corrected chi connectivity index (χ0v) is 20.8. The van der Waals surface area contributed by atoms with E-state index < -0.39 is 0 Å². The molecule has 39 heavy (non-hydrogen) atoms. The number of aromatic nitrogens is 3. The Labute approximate surface area is 224 Å². The van der Waals surface area contributed by atoms with Gasteiger partial charge in [0.15, 0.2) is 11.6 Å². The van der Waals surface area contributed by atoms with Crippen LogP contribution in [0.25, 0.3) is 5.70 Å². The number of allylic oxidation sites excluding steroid dienone is 1. The van der Waals surface area contributed by atoms with Crippen molar-refractivity contribution < 1.29 is 8.91 Å². The molecule has 2 heterocycles. The lowest BCUT2D eigenvalue weighted by molar-refractivity contribution is 0.417. The first-order valence-electron chi connectivity index (χ1n) is 12.1. The normalized spacial score (nSPS) is 11.2. The number of hydrogen-bond donors (Lipinski definition) is 3. The molecule has 0 saturated heterocycles. The summed E-state index contributed by atoms with van der Waals surface area (Å²) in [6, 6.07) is 27.6. The van der Waals surface area contributed by atoms with Crippen LogP contribution in [0.4, 0.5) is 15.9 Å². The van der Waals surface area contributed by atoms with Crippen molar-refractivity contribution in [2.24, 2.45) is 4.99 Å². The van der Waals surface area contributed by atoms with E-state index in [1.807, 2.05) is 60.7 Å². The van der Waals surface area contributed by atoms with Gasteiger partial charge in [0.1, 0.15) is 29.2 Å². The molecule has 0 aliphatic carbocycles. The zero-order valence-electron chi connectivity index (χ0n) is 20.8. The van der Waals surface area contributed by atoms with E-state index in [-0.39, 0.29) is 29.7 Å². The molecule has 0 saturated carbocycles. The number of hydrogen-bond acceptors (Lipinski definition) is 8. The van der Waals surface area contributed by atoms with Gasteiger partial charge in [0, 0.05) is 29.3 Å². The lowest BCUT2D eigenvalue weighted by atomic mass is 10.0. The van der Waals surface area contributed by atoms with Crippen molar-refractivity contribution in [3.63, 3.8) is 0 Å². The van der Waals surface area contributed by atoms with E-state index in [1.165, 1.54) is 24.6 Å². The molecule has 0 amide bonds. The third-order valence-corrected chi connectivity index (χ3v) is 5.80. The number of nitrogens with zero attached hydrogens (tertiary/aromatic N) is 4. The first-order valence-corrected chi connectivity index (χ1v) is 12.1. The number of halogens is 1. The van der Waals surface area contributed by atoms with E-state index >= 15 is 0 Å². The van der Waals surface area contributed by atoms with Crippen molar-refractivity contribution in [2.75, 3.05) is 5.73 Å². The fourth-order valence-corrected chi connectivity index (χ4v) is 3.82. The Morgan fingerprint density at radius 1 is 0.949 bits per heavy atom. The van der Waals surface area contributed by atoms with Gasteiger partial charge in [0.25, 0.3) is 0 Å². The second-order valence-corrected chi connectivity index (χ2v) is 8.46. The number of anilines is 1. The van der Waals surface area contributed by atoms with Gasteiger partial charge < -0.3 is 15.6 Å². The first kappa shape index (κ1) is 25.2. The van der Waals surface area contributed by atoms with Gasteiger partial charge in [0.2, 0.25) is 0 Å². The number of nitrogens with one attached hydrogen (secondary N) is 2. The molecule has 192 valence electrons. The van der Waals surface area contributed by atoms with Gasteiger partial charge in [-0.05, 0) is 12.1 Å². The van der Waals surface area contributed by atoms with Crippen LogP contribution in [0.1, 0.15) is 28.2 Å². The molecule has 4 N–H and O–H groups in total. The predicted molar refractivity (Wildman–Crippen MR) is 149 cm³/mol. The molecule has 0 spiro atoms. The summed E-state index contributed by atoms with van der Waals surface area (Å²) in [5.74, 6) is -0.108. The van der Waals surface area contributed by atoms with E-state index in [2.05, 4.69) is 20.4 Å². The fourth-order valence-electron chi connectivity index (χ4n) is 3.82. The molecule has 3 aromatic carbocycles. The van der Waals surface area contributed by atoms with Crippen molar-refractivity contribution in [2.45, 2.75) is 6.54 Å². The minimum absolute atomic E-state index is 0.0254. The van der Waals surface area contributed by atoms with Gasteiger partial charge in [-0.1, -0.05) is 84.0 Å². The highest BCUT2D eigenvalue weighted by atomic mass is 19.1. The van der Waals surface area contributed by atoms with Gasteiger partial charge in [-0.25, -0.2) is 19.4 Å². The molecule has 5 aromatic rings. The average Bonchev–Trinajstić information content (AvgIpc) is 3.51. The van der Waals surface area contributed by atoms with Gasteiger partial charge in [-0.15, -0.1) is 0 Å². The highest BCUT2D eigenvalue weighted by Gasteiger charge is 2.14. The number of nitrogens with two attached hydrogens (primary N) is 1. The van der Waals surface area contributed by atoms with Crippen LogP contribution in [0, 0.1) is 11.2 Å². The Kier molecular flexibility index (Phi) is 7.59. The lowest BCUT2D eigenvalue weighted by Crippen LogP contribution is -2.15. The van der Waals surface area contributed by atoms with E-state index in [0.717, 1.165) is 16.8 Å². The van der Waals surface area contributed by atoms with Crippen LogP contribution in [0.15, 0.2) is 119 Å². The maximum Gasteiger partial charge on any atom is 0.179 e. The van der Waals surface area contributed by atoms with Crippen molar-refractivity contribution in [1.29, 1.82) is 5.41 Å². The summed E-state index contributed by atoms with van der Waals surface area (Å²) < 4.78 is 19.1. The second kappa shape index (κ2) is 11.7. The van der Waals surface area contributed by atoms with Crippen molar-refractivity contribution in [3.8, 4) is 0 Å². The van der Waals surface area contributed by atoms with E-state index in [9.17, 15) is 4.39 Å². The number of benzene rings is 3. The van der Waals surface area contributed by atoms with Gasteiger partial charge in [0.05, 0.1) is 17.6 Å². The molecular weight excluding hydrogens is 493 g/mol. The summed E-state index contributed by atoms with van der Waals surface area (Å²) in [7, 11) is 0. The molecule has 0 unspecified atom stereocenters. The highest BCUT2D eigenvalue weighted by molar-refractivity contribution is 6.14. The Morgan fingerprint density at radius 3 is 2.23 bits per heavy atom. The molecule has 0 aliphatic heterocycles. The largest absolute Gasteiger partial charge is 0.382 e. The van der Waals surface area contributed by atoms with Crippen LogP contribution < -0.4 is 11.1 Å². The molecule has 0 radical (unpaired) electrons. The summed E-state index contributed by atoms with van der Waals surface area (Å²) in [6.07, 6.45) is 4.40. The smallest absolute Gasteiger partial charge is 0.179 e. The third-order valence-electron chi connectivity index (χ3n) is 5.80. The Hall–Kier alpha value is -5.44. The quantitative estimate of drug-likeness (QED) is 0.220. The van der Waals surface area contributed by atoms with Crippen molar-refractivity contribution in [1.82, 2.24) is 20.4 Å². The van der Waals surface area contributed by atoms with Gasteiger partial charge in [-0.3, -0.25) is 5.41 Å². The SMILES string of the molecule is N=C(/C=C(\NCc1ccccc1F)c1ccon1)c1ncc(N=C(c2ccccc2)c2ccccc2)c(N)n1. The van der Waals surface area contributed by atoms with Crippen LogP contribution in [-0.4, -0.2) is 26.5 Å². The van der Waals surface area contributed by atoms with Gasteiger partial charge >= 0.3 is 0 Å². The van der Waals surface area contributed by atoms with E-state index in [4.69, 9.17) is 20.7 Å². The minimum atomic E-state index is -0.336. The van der Waals surface area contributed by atoms with Crippen LogP contribution in [0.5, 0.6) is 0 Å². The average molecular weight is 518 g/mol. The Morgan fingerprint density at radius 2 is 1.62 bits per heavy atom. The molecule has 0 aliphatic rings. The Bertz CT molecular complexity index is 1590. The summed E-state index contributed by atoms with van der Waals surface area (Å²) >= 11 is 0. The number of nitrogen functional groups attached to an aromatic ring is 1. The second-order valence-electron chi connectivity index (χ2n) is 8.46. The first-order chi connectivity index (χ1) is 19.1. The molecule has 0 atom stereocenters. The van der Waals surface area contributed by atoms with Gasteiger partial charge in [-0.2, -0.15) is 0 Å². The minimum Gasteiger partial charge on any atom is -0.382 e. The van der Waals surface area contributed by atoms with Crippen molar-refractivity contribution >= 4 is 28.6 Å². The molecule has 9 heteroatoms. The molecule has 5 rings (SSSR count). The predicted octanol–water partition coefficient (Wildman–Crippen LogP) is 5.55. The van der Waals surface area contributed by atoms with E-state index in [1.54, 1.807) is 24.3 Å². The topological polar surface area (TPSA) is 126 Å². The summed E-state index contributed by atoms with van der Waals surface area (Å²) in [5.41, 5.74) is 10.5. The molecule has 8 nitrogen and oxygen atoms in total. The van der Waals surface area contributed by atoms with Crippen molar-refractivity contribution in [3.05, 3.63) is 144 Å². The van der Waals surface area contributed by atoms with E-state index in [0.29, 0.717) is 22.6 Å². The number of rotatable bonds is 9. The standard InChI is InChI=1S/C30H24FN7O/c31-23-14-8-7-13-22(23)18-34-26(25-15-16-39-38-25)17-24(32)30-35-19-27(29(33)37-30)36-28(20-9-3-1-4-10-20)21-11-5-2-6-12-21/h1-17,19,32,34H,18H2,(H2,33,35,37)/b26-17-,32-24?. The summed E-state index contributed by atoms with van der Waals surface area (Å²) in [4.78, 5) is 13.5. The molecule has 0 fully saturated rings. The fraction of sp³-hybridized carbons (Fsp3) is 0.0333. The zero-order chi connectivity index (χ0) is 27.0. The van der Waals surface area contributed by atoms with Crippen LogP contribution in [0.2, 0.25) is 0 Å². The monoisotopic (exact) mass is 517 g/mol. The summed E-state index contributed by atoms with van der Waals surface area (Å²) in [5, 5.41) is 15.7. The molecular formula is C30H24FN7O. The third kappa shape index (κ3) is 6.11. The number of aliphatic imine (C=N–C) groups is 1.